The second kappa shape index (κ2) is 5.66. The van der Waals surface area contributed by atoms with Gasteiger partial charge in [0.25, 0.3) is 0 Å². The van der Waals surface area contributed by atoms with Crippen LogP contribution in [0.25, 0.3) is 0 Å². The number of pyridine rings is 1. The van der Waals surface area contributed by atoms with Gasteiger partial charge in [-0.25, -0.2) is 4.98 Å². The van der Waals surface area contributed by atoms with Crippen molar-refractivity contribution in [3.8, 4) is 0 Å². The fraction of sp³-hybridized carbons (Fsp3) is 0.500. The highest BCUT2D eigenvalue weighted by molar-refractivity contribution is 6.35. The Hall–Kier alpha value is -0.350. The number of hydrogen-bond acceptors (Lipinski definition) is 3. The maximum absolute atomic E-state index is 8.77. The SMILES string of the molecule is Cc1cc(Cl)c(CN(C)CCO)c(Cl)n1. The molecule has 0 aromatic carbocycles. The molecule has 0 amide bonds. The van der Waals surface area contributed by atoms with Gasteiger partial charge in [0.2, 0.25) is 0 Å². The fourth-order valence-corrected chi connectivity index (χ4v) is 1.93. The minimum absolute atomic E-state index is 0.116. The van der Waals surface area contributed by atoms with E-state index in [9.17, 15) is 0 Å². The average Bonchev–Trinajstić information content (AvgIpc) is 2.11. The molecule has 1 aromatic heterocycles. The smallest absolute Gasteiger partial charge is 0.135 e. The molecule has 0 atom stereocenters. The van der Waals surface area contributed by atoms with E-state index in [0.717, 1.165) is 11.3 Å². The standard InChI is InChI=1S/C10H14Cl2N2O/c1-7-5-9(11)8(10(12)13-7)6-14(2)3-4-15/h5,15H,3-4,6H2,1-2H3. The summed E-state index contributed by atoms with van der Waals surface area (Å²) in [5.74, 6) is 0. The lowest BCUT2D eigenvalue weighted by atomic mass is 10.2. The zero-order valence-corrected chi connectivity index (χ0v) is 10.3. The minimum atomic E-state index is 0.116. The van der Waals surface area contributed by atoms with Crippen molar-refractivity contribution in [3.63, 3.8) is 0 Å². The van der Waals surface area contributed by atoms with Gasteiger partial charge in [-0.05, 0) is 20.0 Å². The molecule has 0 aliphatic rings. The van der Waals surface area contributed by atoms with Crippen LogP contribution >= 0.6 is 23.2 Å². The Morgan fingerprint density at radius 1 is 1.47 bits per heavy atom. The molecular weight excluding hydrogens is 235 g/mol. The second-order valence-corrected chi connectivity index (χ2v) is 4.24. The zero-order chi connectivity index (χ0) is 11.4. The molecule has 0 radical (unpaired) electrons. The maximum atomic E-state index is 8.77. The fourth-order valence-electron chi connectivity index (χ4n) is 1.28. The van der Waals surface area contributed by atoms with Crippen molar-refractivity contribution < 1.29 is 5.11 Å². The van der Waals surface area contributed by atoms with Crippen LogP contribution < -0.4 is 0 Å². The van der Waals surface area contributed by atoms with Crippen LogP contribution in [0, 0.1) is 6.92 Å². The number of rotatable bonds is 4. The summed E-state index contributed by atoms with van der Waals surface area (Å²) < 4.78 is 0. The van der Waals surface area contributed by atoms with E-state index in [0.29, 0.717) is 23.3 Å². The summed E-state index contributed by atoms with van der Waals surface area (Å²) in [6, 6.07) is 1.79. The summed E-state index contributed by atoms with van der Waals surface area (Å²) in [5.41, 5.74) is 1.61. The van der Waals surface area contributed by atoms with E-state index < -0.39 is 0 Å². The minimum Gasteiger partial charge on any atom is -0.395 e. The van der Waals surface area contributed by atoms with Crippen LogP contribution in [0.15, 0.2) is 6.07 Å². The van der Waals surface area contributed by atoms with Gasteiger partial charge in [-0.15, -0.1) is 0 Å². The summed E-state index contributed by atoms with van der Waals surface area (Å²) in [6.07, 6.45) is 0. The molecule has 1 heterocycles. The zero-order valence-electron chi connectivity index (χ0n) is 8.80. The van der Waals surface area contributed by atoms with Crippen molar-refractivity contribution in [1.29, 1.82) is 0 Å². The summed E-state index contributed by atoms with van der Waals surface area (Å²) in [6.45, 7) is 3.13. The molecule has 0 unspecified atom stereocenters. The van der Waals surface area contributed by atoms with Crippen molar-refractivity contribution in [2.75, 3.05) is 20.2 Å². The number of halogens is 2. The highest BCUT2D eigenvalue weighted by Gasteiger charge is 2.10. The number of aliphatic hydroxyl groups excluding tert-OH is 1. The Morgan fingerprint density at radius 3 is 2.67 bits per heavy atom. The molecule has 0 aliphatic heterocycles. The molecular formula is C10H14Cl2N2O. The molecule has 0 fully saturated rings. The Labute approximate surface area is 99.6 Å². The highest BCUT2D eigenvalue weighted by atomic mass is 35.5. The summed E-state index contributed by atoms with van der Waals surface area (Å²) >= 11 is 12.1. The first-order valence-corrected chi connectivity index (χ1v) is 5.41. The Morgan fingerprint density at radius 2 is 2.13 bits per heavy atom. The van der Waals surface area contributed by atoms with E-state index in [-0.39, 0.29) is 6.61 Å². The van der Waals surface area contributed by atoms with Crippen LogP contribution in [0.1, 0.15) is 11.3 Å². The Balaban J connectivity index is 2.85. The topological polar surface area (TPSA) is 36.4 Å². The lowest BCUT2D eigenvalue weighted by Crippen LogP contribution is -2.22. The number of nitrogens with zero attached hydrogens (tertiary/aromatic N) is 2. The van der Waals surface area contributed by atoms with Gasteiger partial charge in [0, 0.05) is 29.4 Å². The van der Waals surface area contributed by atoms with E-state index in [2.05, 4.69) is 4.98 Å². The summed E-state index contributed by atoms with van der Waals surface area (Å²) in [7, 11) is 1.89. The van der Waals surface area contributed by atoms with Crippen LogP contribution in [0.5, 0.6) is 0 Å². The Bertz CT molecular complexity index is 321. The van der Waals surface area contributed by atoms with Crippen molar-refractivity contribution in [3.05, 3.63) is 27.5 Å². The van der Waals surface area contributed by atoms with Gasteiger partial charge in [0.1, 0.15) is 5.15 Å². The number of aryl methyl sites for hydroxylation is 1. The van der Waals surface area contributed by atoms with Crippen molar-refractivity contribution in [2.24, 2.45) is 0 Å². The molecule has 1 aromatic rings. The first-order valence-electron chi connectivity index (χ1n) is 4.65. The van der Waals surface area contributed by atoms with Gasteiger partial charge in [0.05, 0.1) is 6.61 Å². The largest absolute Gasteiger partial charge is 0.395 e. The molecule has 0 bridgehead atoms. The normalized spacial score (nSPS) is 11.1. The van der Waals surface area contributed by atoms with E-state index >= 15 is 0 Å². The molecule has 15 heavy (non-hydrogen) atoms. The summed E-state index contributed by atoms with van der Waals surface area (Å²) in [5, 5.41) is 9.83. The number of aromatic nitrogens is 1. The van der Waals surface area contributed by atoms with Gasteiger partial charge >= 0.3 is 0 Å². The average molecular weight is 249 g/mol. The first kappa shape index (κ1) is 12.7. The Kier molecular flexibility index (Phi) is 4.80. The maximum Gasteiger partial charge on any atom is 0.135 e. The van der Waals surface area contributed by atoms with Gasteiger partial charge < -0.3 is 5.11 Å². The third-order valence-electron chi connectivity index (χ3n) is 2.06. The van der Waals surface area contributed by atoms with Crippen LogP contribution in [0.2, 0.25) is 10.2 Å². The summed E-state index contributed by atoms with van der Waals surface area (Å²) in [4.78, 5) is 6.07. The van der Waals surface area contributed by atoms with Gasteiger partial charge in [-0.2, -0.15) is 0 Å². The molecule has 3 nitrogen and oxygen atoms in total. The van der Waals surface area contributed by atoms with Crippen LogP contribution in [0.4, 0.5) is 0 Å². The molecule has 5 heteroatoms. The lowest BCUT2D eigenvalue weighted by Gasteiger charge is -2.16. The van der Waals surface area contributed by atoms with E-state index in [1.165, 1.54) is 0 Å². The van der Waals surface area contributed by atoms with Crippen LogP contribution in [0.3, 0.4) is 0 Å². The number of likely N-dealkylation sites (N-methyl/N-ethyl adjacent to an activating group) is 1. The van der Waals surface area contributed by atoms with Crippen LogP contribution in [-0.4, -0.2) is 35.2 Å². The van der Waals surface area contributed by atoms with E-state index in [4.69, 9.17) is 28.3 Å². The van der Waals surface area contributed by atoms with E-state index in [1.807, 2.05) is 18.9 Å². The van der Waals surface area contributed by atoms with Crippen LogP contribution in [-0.2, 0) is 6.54 Å². The predicted molar refractivity (Wildman–Crippen MR) is 62.4 cm³/mol. The van der Waals surface area contributed by atoms with Crippen molar-refractivity contribution in [1.82, 2.24) is 9.88 Å². The molecule has 1 N–H and O–H groups in total. The second-order valence-electron chi connectivity index (χ2n) is 3.48. The third kappa shape index (κ3) is 3.61. The molecule has 0 spiro atoms. The molecule has 84 valence electrons. The van der Waals surface area contributed by atoms with Gasteiger partial charge in [-0.1, -0.05) is 23.2 Å². The third-order valence-corrected chi connectivity index (χ3v) is 2.71. The molecule has 0 aliphatic carbocycles. The molecule has 0 saturated heterocycles. The predicted octanol–water partition coefficient (Wildman–Crippen LogP) is 2.12. The number of hydrogen-bond donors (Lipinski definition) is 1. The van der Waals surface area contributed by atoms with Gasteiger partial charge in [0.15, 0.2) is 0 Å². The lowest BCUT2D eigenvalue weighted by molar-refractivity contribution is 0.217. The highest BCUT2D eigenvalue weighted by Crippen LogP contribution is 2.24. The monoisotopic (exact) mass is 248 g/mol. The first-order chi connectivity index (χ1) is 7.04. The van der Waals surface area contributed by atoms with Crippen molar-refractivity contribution in [2.45, 2.75) is 13.5 Å². The molecule has 1 rings (SSSR count). The number of aliphatic hydroxyl groups is 1. The van der Waals surface area contributed by atoms with E-state index in [1.54, 1.807) is 6.07 Å². The molecule has 0 saturated carbocycles. The quantitative estimate of drug-likeness (QED) is 0.830. The van der Waals surface area contributed by atoms with Gasteiger partial charge in [-0.3, -0.25) is 4.90 Å². The van der Waals surface area contributed by atoms with Crippen molar-refractivity contribution >= 4 is 23.2 Å².